The molecule has 0 saturated heterocycles. The maximum Gasteiger partial charge on any atom is 0.258 e. The number of aromatic nitrogens is 2. The molecular weight excluding hydrogens is 286 g/mol. The van der Waals surface area contributed by atoms with Crippen molar-refractivity contribution >= 4 is 22.6 Å². The van der Waals surface area contributed by atoms with Gasteiger partial charge in [-0.2, -0.15) is 4.37 Å². The van der Waals surface area contributed by atoms with Crippen molar-refractivity contribution in [2.45, 2.75) is 20.3 Å². The van der Waals surface area contributed by atoms with Gasteiger partial charge in [0.15, 0.2) is 0 Å². The largest absolute Gasteiger partial charge is 0.395 e. The van der Waals surface area contributed by atoms with Crippen molar-refractivity contribution in [1.29, 1.82) is 0 Å². The number of anilines is 1. The molecule has 108 valence electrons. The molecule has 0 unspecified atom stereocenters. The number of nitrogens with one attached hydrogen (secondary N) is 1. The summed E-state index contributed by atoms with van der Waals surface area (Å²) in [5.74, 6) is 6.10. The molecule has 1 aromatic heterocycles. The molecule has 0 spiro atoms. The van der Waals surface area contributed by atoms with E-state index in [2.05, 4.69) is 26.5 Å². The summed E-state index contributed by atoms with van der Waals surface area (Å²) in [6.07, 6.45) is 0.379. The molecule has 0 aliphatic heterocycles. The Balaban J connectivity index is 2.26. The Labute approximate surface area is 127 Å². The SMILES string of the molecule is Cc1ccc(C#CCCO)c(C(=O)Nc2nc(C)ns2)c1. The fourth-order valence-electron chi connectivity index (χ4n) is 1.68. The zero-order valence-corrected chi connectivity index (χ0v) is 12.6. The van der Waals surface area contributed by atoms with Gasteiger partial charge in [0, 0.05) is 23.5 Å². The average Bonchev–Trinajstić information content (AvgIpc) is 2.86. The van der Waals surface area contributed by atoms with Crippen molar-refractivity contribution in [2.75, 3.05) is 11.9 Å². The highest BCUT2D eigenvalue weighted by molar-refractivity contribution is 7.09. The number of hydrogen-bond donors (Lipinski definition) is 2. The topological polar surface area (TPSA) is 75.1 Å². The van der Waals surface area contributed by atoms with Crippen molar-refractivity contribution in [2.24, 2.45) is 0 Å². The van der Waals surface area contributed by atoms with Gasteiger partial charge in [-0.05, 0) is 26.0 Å². The zero-order chi connectivity index (χ0) is 15.2. The van der Waals surface area contributed by atoms with Crippen LogP contribution in [0.1, 0.15) is 33.7 Å². The first kappa shape index (κ1) is 15.2. The third-order valence-corrected chi connectivity index (χ3v) is 3.35. The molecule has 2 aromatic rings. The van der Waals surface area contributed by atoms with E-state index in [1.54, 1.807) is 19.1 Å². The number of carbonyl (C=O) groups is 1. The predicted octanol–water partition coefficient (Wildman–Crippen LogP) is 2.14. The molecule has 5 nitrogen and oxygen atoms in total. The highest BCUT2D eigenvalue weighted by Crippen LogP contribution is 2.15. The molecule has 0 aliphatic carbocycles. The van der Waals surface area contributed by atoms with Gasteiger partial charge < -0.3 is 5.11 Å². The fraction of sp³-hybridized carbons (Fsp3) is 0.267. The van der Waals surface area contributed by atoms with Crippen molar-refractivity contribution in [3.63, 3.8) is 0 Å². The van der Waals surface area contributed by atoms with E-state index in [1.165, 1.54) is 0 Å². The number of aliphatic hydroxyl groups excluding tert-OH is 1. The second kappa shape index (κ2) is 6.97. The number of amides is 1. The lowest BCUT2D eigenvalue weighted by molar-refractivity contribution is 0.102. The number of rotatable bonds is 3. The van der Waals surface area contributed by atoms with E-state index in [-0.39, 0.29) is 12.5 Å². The molecule has 1 aromatic carbocycles. The summed E-state index contributed by atoms with van der Waals surface area (Å²) < 4.78 is 4.02. The van der Waals surface area contributed by atoms with Crippen LogP contribution in [0.3, 0.4) is 0 Å². The summed E-state index contributed by atoms with van der Waals surface area (Å²) in [6.45, 7) is 3.69. The first-order valence-corrected chi connectivity index (χ1v) is 7.19. The van der Waals surface area contributed by atoms with Gasteiger partial charge in [-0.1, -0.05) is 23.5 Å². The van der Waals surface area contributed by atoms with Crippen LogP contribution in [0.4, 0.5) is 5.13 Å². The third kappa shape index (κ3) is 4.12. The van der Waals surface area contributed by atoms with E-state index in [1.807, 2.05) is 13.0 Å². The summed E-state index contributed by atoms with van der Waals surface area (Å²) in [6, 6.07) is 5.49. The minimum atomic E-state index is -0.261. The summed E-state index contributed by atoms with van der Waals surface area (Å²) in [5, 5.41) is 12.0. The van der Waals surface area contributed by atoms with E-state index in [9.17, 15) is 4.79 Å². The quantitative estimate of drug-likeness (QED) is 0.852. The average molecular weight is 301 g/mol. The molecule has 0 atom stereocenters. The molecule has 0 fully saturated rings. The van der Waals surface area contributed by atoms with Gasteiger partial charge in [0.25, 0.3) is 5.91 Å². The monoisotopic (exact) mass is 301 g/mol. The fourth-order valence-corrected chi connectivity index (χ4v) is 2.25. The maximum absolute atomic E-state index is 12.3. The molecule has 1 heterocycles. The second-order valence-corrected chi connectivity index (χ2v) is 5.18. The van der Waals surface area contributed by atoms with Crippen LogP contribution >= 0.6 is 11.5 Å². The number of nitrogens with zero attached hydrogens (tertiary/aromatic N) is 2. The number of aryl methyl sites for hydroxylation is 2. The second-order valence-electron chi connectivity index (χ2n) is 4.43. The Morgan fingerprint density at radius 1 is 1.43 bits per heavy atom. The summed E-state index contributed by atoms with van der Waals surface area (Å²) in [5.41, 5.74) is 2.10. The van der Waals surface area contributed by atoms with Crippen LogP contribution in [0, 0.1) is 25.7 Å². The van der Waals surface area contributed by atoms with Crippen molar-refractivity contribution in [3.8, 4) is 11.8 Å². The summed E-state index contributed by atoms with van der Waals surface area (Å²) in [4.78, 5) is 16.4. The van der Waals surface area contributed by atoms with Crippen LogP contribution in [0.5, 0.6) is 0 Å². The van der Waals surface area contributed by atoms with Crippen molar-refractivity contribution in [3.05, 3.63) is 40.7 Å². The standard InChI is InChI=1S/C15H15N3O2S/c1-10-6-7-12(5-3-4-8-19)13(9-10)14(20)17-15-16-11(2)18-21-15/h6-7,9,19H,4,8H2,1-2H3,(H,16,17,18,20). The Kier molecular flexibility index (Phi) is 5.04. The van der Waals surface area contributed by atoms with Gasteiger partial charge in [0.05, 0.1) is 12.2 Å². The van der Waals surface area contributed by atoms with Crippen molar-refractivity contribution in [1.82, 2.24) is 9.36 Å². The lowest BCUT2D eigenvalue weighted by Crippen LogP contribution is -2.13. The molecule has 0 radical (unpaired) electrons. The Hall–Kier alpha value is -2.23. The molecule has 1 amide bonds. The third-order valence-electron chi connectivity index (χ3n) is 2.63. The van der Waals surface area contributed by atoms with Gasteiger partial charge in [0.2, 0.25) is 5.13 Å². The molecule has 2 N–H and O–H groups in total. The minimum Gasteiger partial charge on any atom is -0.395 e. The number of aliphatic hydroxyl groups is 1. The minimum absolute atomic E-state index is 0.00442. The van der Waals surface area contributed by atoms with E-state index in [4.69, 9.17) is 5.11 Å². The molecule has 0 aliphatic rings. The highest BCUT2D eigenvalue weighted by Gasteiger charge is 2.13. The van der Waals surface area contributed by atoms with Gasteiger partial charge in [0.1, 0.15) is 5.82 Å². The number of benzene rings is 1. The lowest BCUT2D eigenvalue weighted by Gasteiger charge is -2.05. The van der Waals surface area contributed by atoms with E-state index in [0.29, 0.717) is 28.5 Å². The van der Waals surface area contributed by atoms with Crippen LogP contribution in [-0.2, 0) is 0 Å². The predicted molar refractivity (Wildman–Crippen MR) is 82.4 cm³/mol. The van der Waals surface area contributed by atoms with Crippen LogP contribution in [0.15, 0.2) is 18.2 Å². The molecular formula is C15H15N3O2S. The van der Waals surface area contributed by atoms with Gasteiger partial charge in [-0.15, -0.1) is 0 Å². The van der Waals surface area contributed by atoms with Gasteiger partial charge in [-0.3, -0.25) is 10.1 Å². The van der Waals surface area contributed by atoms with Crippen LogP contribution < -0.4 is 5.32 Å². The normalized spacial score (nSPS) is 9.86. The smallest absolute Gasteiger partial charge is 0.258 e. The number of hydrogen-bond acceptors (Lipinski definition) is 5. The summed E-state index contributed by atoms with van der Waals surface area (Å²) in [7, 11) is 0. The van der Waals surface area contributed by atoms with Crippen LogP contribution in [-0.4, -0.2) is 27.0 Å². The zero-order valence-electron chi connectivity index (χ0n) is 11.8. The van der Waals surface area contributed by atoms with E-state index < -0.39 is 0 Å². The lowest BCUT2D eigenvalue weighted by atomic mass is 10.0. The Morgan fingerprint density at radius 2 is 2.24 bits per heavy atom. The van der Waals surface area contributed by atoms with Gasteiger partial charge >= 0.3 is 0 Å². The molecule has 0 saturated carbocycles. The molecule has 2 rings (SSSR count). The molecule has 21 heavy (non-hydrogen) atoms. The summed E-state index contributed by atoms with van der Waals surface area (Å²) >= 11 is 1.14. The van der Waals surface area contributed by atoms with Gasteiger partial charge in [-0.25, -0.2) is 4.98 Å². The first-order chi connectivity index (χ1) is 10.1. The maximum atomic E-state index is 12.3. The Morgan fingerprint density at radius 3 is 2.90 bits per heavy atom. The first-order valence-electron chi connectivity index (χ1n) is 6.42. The molecule has 0 bridgehead atoms. The molecule has 6 heteroatoms. The van der Waals surface area contributed by atoms with E-state index >= 15 is 0 Å². The van der Waals surface area contributed by atoms with Crippen molar-refractivity contribution < 1.29 is 9.90 Å². The highest BCUT2D eigenvalue weighted by atomic mass is 32.1. The van der Waals surface area contributed by atoms with E-state index in [0.717, 1.165) is 17.1 Å². The van der Waals surface area contributed by atoms with Crippen LogP contribution in [0.25, 0.3) is 0 Å². The number of carbonyl (C=O) groups excluding carboxylic acids is 1. The Bertz CT molecular complexity index is 713. The van der Waals surface area contributed by atoms with Crippen LogP contribution in [0.2, 0.25) is 0 Å².